The lowest BCUT2D eigenvalue weighted by atomic mass is 10.0. The molecule has 2 N–H and O–H groups in total. The van der Waals surface area contributed by atoms with Gasteiger partial charge in [-0.25, -0.2) is 9.97 Å². The molecule has 3 rings (SSSR count). The highest BCUT2D eigenvalue weighted by Crippen LogP contribution is 2.27. The average Bonchev–Trinajstić information content (AvgIpc) is 3.15. The summed E-state index contributed by atoms with van der Waals surface area (Å²) in [6.07, 6.45) is 7.01. The molecule has 23 heavy (non-hydrogen) atoms. The largest absolute Gasteiger partial charge is 0.391 e. The third-order valence-electron chi connectivity index (χ3n) is 4.36. The number of amides is 1. The van der Waals surface area contributed by atoms with Crippen LogP contribution in [0.5, 0.6) is 0 Å². The maximum atomic E-state index is 12.1. The van der Waals surface area contributed by atoms with Crippen molar-refractivity contribution in [1.82, 2.24) is 15.3 Å². The Bertz CT molecular complexity index is 637. The lowest BCUT2D eigenvalue weighted by molar-refractivity contribution is 0.0840. The highest BCUT2D eigenvalue weighted by atomic mass is 16.3. The molecular formula is C18H21N3O2. The number of hydrogen-bond donors (Lipinski definition) is 2. The number of aliphatic hydroxyl groups is 1. The summed E-state index contributed by atoms with van der Waals surface area (Å²) in [7, 11) is 0. The summed E-state index contributed by atoms with van der Waals surface area (Å²) in [5.74, 6) is 0.654. The monoisotopic (exact) mass is 311 g/mol. The summed E-state index contributed by atoms with van der Waals surface area (Å²) in [6.45, 7) is 0.282. The zero-order valence-corrected chi connectivity index (χ0v) is 13.0. The summed E-state index contributed by atoms with van der Waals surface area (Å²) in [5, 5.41) is 12.9. The Labute approximate surface area is 135 Å². The quantitative estimate of drug-likeness (QED) is 0.889. The molecular weight excluding hydrogens is 290 g/mol. The van der Waals surface area contributed by atoms with Gasteiger partial charge in [-0.15, -0.1) is 0 Å². The van der Waals surface area contributed by atoms with Crippen molar-refractivity contribution in [3.63, 3.8) is 0 Å². The van der Waals surface area contributed by atoms with Gasteiger partial charge in [-0.2, -0.15) is 0 Å². The molecule has 1 saturated carbocycles. The van der Waals surface area contributed by atoms with Crippen LogP contribution in [0.15, 0.2) is 42.7 Å². The standard InChI is InChI=1S/C18H21N3O2/c22-16(13-6-4-5-7-13)12-21-18(23)15-10-19-17(20-11-15)14-8-2-1-3-9-14/h1-3,8-11,13,16,22H,4-7,12H2,(H,21,23). The topological polar surface area (TPSA) is 75.1 Å². The first-order valence-corrected chi connectivity index (χ1v) is 8.08. The second-order valence-electron chi connectivity index (χ2n) is 5.98. The molecule has 1 aromatic carbocycles. The molecule has 0 aliphatic heterocycles. The lowest BCUT2D eigenvalue weighted by Gasteiger charge is -2.17. The molecule has 1 fully saturated rings. The third kappa shape index (κ3) is 3.93. The van der Waals surface area contributed by atoms with Crippen LogP contribution in [0.25, 0.3) is 11.4 Å². The molecule has 1 aromatic heterocycles. The smallest absolute Gasteiger partial charge is 0.254 e. The minimum Gasteiger partial charge on any atom is -0.391 e. The SMILES string of the molecule is O=C(NCC(O)C1CCCC1)c1cnc(-c2ccccc2)nc1. The molecule has 120 valence electrons. The van der Waals surface area contributed by atoms with E-state index in [2.05, 4.69) is 15.3 Å². The first kappa shape index (κ1) is 15.6. The van der Waals surface area contributed by atoms with E-state index in [1.165, 1.54) is 25.2 Å². The number of aromatic nitrogens is 2. The van der Waals surface area contributed by atoms with E-state index in [9.17, 15) is 9.90 Å². The molecule has 0 radical (unpaired) electrons. The molecule has 1 amide bonds. The van der Waals surface area contributed by atoms with E-state index in [1.807, 2.05) is 30.3 Å². The number of carbonyl (C=O) groups excluding carboxylic acids is 1. The van der Waals surface area contributed by atoms with Crippen molar-refractivity contribution in [3.8, 4) is 11.4 Å². The molecule has 1 heterocycles. The number of nitrogens with zero attached hydrogens (tertiary/aromatic N) is 2. The van der Waals surface area contributed by atoms with Crippen molar-refractivity contribution < 1.29 is 9.90 Å². The first-order chi connectivity index (χ1) is 11.2. The van der Waals surface area contributed by atoms with Crippen LogP contribution in [0.3, 0.4) is 0 Å². The Kier molecular flexibility index (Phi) is 4.98. The molecule has 0 bridgehead atoms. The summed E-state index contributed by atoms with van der Waals surface area (Å²) >= 11 is 0. The highest BCUT2D eigenvalue weighted by molar-refractivity contribution is 5.93. The van der Waals surface area contributed by atoms with E-state index in [0.29, 0.717) is 17.3 Å². The highest BCUT2D eigenvalue weighted by Gasteiger charge is 2.23. The van der Waals surface area contributed by atoms with Crippen molar-refractivity contribution in [2.24, 2.45) is 5.92 Å². The zero-order chi connectivity index (χ0) is 16.1. The van der Waals surface area contributed by atoms with Crippen LogP contribution in [0.1, 0.15) is 36.0 Å². The van der Waals surface area contributed by atoms with E-state index in [-0.39, 0.29) is 12.5 Å². The maximum absolute atomic E-state index is 12.1. The Hall–Kier alpha value is -2.27. The second kappa shape index (κ2) is 7.33. The van der Waals surface area contributed by atoms with Crippen molar-refractivity contribution in [2.75, 3.05) is 6.54 Å². The summed E-state index contributed by atoms with van der Waals surface area (Å²) in [4.78, 5) is 20.6. The van der Waals surface area contributed by atoms with E-state index in [0.717, 1.165) is 18.4 Å². The van der Waals surface area contributed by atoms with E-state index in [1.54, 1.807) is 0 Å². The van der Waals surface area contributed by atoms with Gasteiger partial charge in [0.25, 0.3) is 5.91 Å². The first-order valence-electron chi connectivity index (χ1n) is 8.08. The summed E-state index contributed by atoms with van der Waals surface area (Å²) in [6, 6.07) is 9.62. The van der Waals surface area contributed by atoms with Crippen LogP contribution in [0.4, 0.5) is 0 Å². The van der Waals surface area contributed by atoms with Crippen LogP contribution in [-0.4, -0.2) is 33.6 Å². The number of aliphatic hydroxyl groups excluding tert-OH is 1. The predicted octanol–water partition coefficient (Wildman–Crippen LogP) is 2.42. The minimum absolute atomic E-state index is 0.248. The van der Waals surface area contributed by atoms with Crippen LogP contribution < -0.4 is 5.32 Å². The number of rotatable bonds is 5. The van der Waals surface area contributed by atoms with Crippen molar-refractivity contribution in [3.05, 3.63) is 48.3 Å². The van der Waals surface area contributed by atoms with E-state index >= 15 is 0 Å². The zero-order valence-electron chi connectivity index (χ0n) is 13.0. The van der Waals surface area contributed by atoms with Gasteiger partial charge in [-0.3, -0.25) is 4.79 Å². The summed E-state index contributed by atoms with van der Waals surface area (Å²) in [5.41, 5.74) is 1.32. The molecule has 5 heteroatoms. The van der Waals surface area contributed by atoms with Crippen LogP contribution >= 0.6 is 0 Å². The van der Waals surface area contributed by atoms with Gasteiger partial charge in [0.2, 0.25) is 0 Å². The molecule has 1 aliphatic carbocycles. The van der Waals surface area contributed by atoms with Gasteiger partial charge < -0.3 is 10.4 Å². The fourth-order valence-corrected chi connectivity index (χ4v) is 2.99. The molecule has 1 unspecified atom stereocenters. The van der Waals surface area contributed by atoms with Crippen molar-refractivity contribution in [2.45, 2.75) is 31.8 Å². The molecule has 5 nitrogen and oxygen atoms in total. The molecule has 2 aromatic rings. The van der Waals surface area contributed by atoms with Gasteiger partial charge in [0.1, 0.15) is 0 Å². The van der Waals surface area contributed by atoms with Gasteiger partial charge in [-0.05, 0) is 18.8 Å². The predicted molar refractivity (Wildman–Crippen MR) is 87.8 cm³/mol. The lowest BCUT2D eigenvalue weighted by Crippen LogP contribution is -2.35. The second-order valence-corrected chi connectivity index (χ2v) is 5.98. The Morgan fingerprint density at radius 3 is 2.48 bits per heavy atom. The van der Waals surface area contributed by atoms with Gasteiger partial charge in [0.05, 0.1) is 11.7 Å². The van der Waals surface area contributed by atoms with Crippen LogP contribution in [-0.2, 0) is 0 Å². The Balaban J connectivity index is 1.57. The van der Waals surface area contributed by atoms with Gasteiger partial charge in [0.15, 0.2) is 5.82 Å². The fraction of sp³-hybridized carbons (Fsp3) is 0.389. The number of hydrogen-bond acceptors (Lipinski definition) is 4. The number of carbonyl (C=O) groups is 1. The average molecular weight is 311 g/mol. The normalized spacial score (nSPS) is 16.2. The van der Waals surface area contributed by atoms with Gasteiger partial charge in [-0.1, -0.05) is 43.2 Å². The minimum atomic E-state index is -0.467. The van der Waals surface area contributed by atoms with Gasteiger partial charge >= 0.3 is 0 Å². The molecule has 1 atom stereocenters. The van der Waals surface area contributed by atoms with Crippen molar-refractivity contribution >= 4 is 5.91 Å². The Morgan fingerprint density at radius 1 is 1.17 bits per heavy atom. The van der Waals surface area contributed by atoms with E-state index in [4.69, 9.17) is 0 Å². The number of benzene rings is 1. The number of nitrogens with one attached hydrogen (secondary N) is 1. The summed E-state index contributed by atoms with van der Waals surface area (Å²) < 4.78 is 0. The molecule has 0 spiro atoms. The molecule has 0 saturated heterocycles. The van der Waals surface area contributed by atoms with Gasteiger partial charge in [0, 0.05) is 24.5 Å². The fourth-order valence-electron chi connectivity index (χ4n) is 2.99. The molecule has 1 aliphatic rings. The van der Waals surface area contributed by atoms with Crippen LogP contribution in [0, 0.1) is 5.92 Å². The maximum Gasteiger partial charge on any atom is 0.254 e. The van der Waals surface area contributed by atoms with Crippen LogP contribution in [0.2, 0.25) is 0 Å². The third-order valence-corrected chi connectivity index (χ3v) is 4.36. The van der Waals surface area contributed by atoms with E-state index < -0.39 is 6.10 Å². The van der Waals surface area contributed by atoms with Crippen molar-refractivity contribution in [1.29, 1.82) is 0 Å². The Morgan fingerprint density at radius 2 is 1.83 bits per heavy atom.